The minimum atomic E-state index is -1.17. The summed E-state index contributed by atoms with van der Waals surface area (Å²) < 4.78 is 10.2. The molecule has 0 bridgehead atoms. The summed E-state index contributed by atoms with van der Waals surface area (Å²) in [5.74, 6) is 0.587. The number of rotatable bonds is 1. The van der Waals surface area contributed by atoms with Crippen molar-refractivity contribution < 1.29 is 13.9 Å². The molecule has 0 aliphatic heterocycles. The molecule has 1 unspecified atom stereocenters. The van der Waals surface area contributed by atoms with Crippen molar-refractivity contribution in [2.75, 3.05) is 7.11 Å². The molecule has 1 aromatic rings. The maximum Gasteiger partial charge on any atom is 0.341 e. The maximum absolute atomic E-state index is 11.7. The summed E-state index contributed by atoms with van der Waals surface area (Å²) in [5, 5.41) is 9.21. The van der Waals surface area contributed by atoms with E-state index in [9.17, 15) is 10.1 Å². The molecular weight excluding hydrogens is 242 g/mol. The van der Waals surface area contributed by atoms with Crippen LogP contribution in [0.2, 0.25) is 0 Å². The standard InChI is InChI=1S/C12H12ClNO3/c1-7-9(11(15)16-2)10-8(17-7)4-3-5-12(10,13)6-14/h3-5H2,1-2H3. The van der Waals surface area contributed by atoms with Gasteiger partial charge in [0, 0.05) is 12.0 Å². The van der Waals surface area contributed by atoms with Gasteiger partial charge < -0.3 is 9.15 Å². The van der Waals surface area contributed by atoms with Crippen LogP contribution >= 0.6 is 11.6 Å². The van der Waals surface area contributed by atoms with E-state index in [0.717, 1.165) is 6.42 Å². The Labute approximate surface area is 104 Å². The molecule has 0 aromatic carbocycles. The second-order valence-corrected chi connectivity index (χ2v) is 4.73. The van der Waals surface area contributed by atoms with Crippen LogP contribution in [0.4, 0.5) is 0 Å². The van der Waals surface area contributed by atoms with Crippen LogP contribution in [0.1, 0.15) is 40.3 Å². The first kappa shape index (κ1) is 12.0. The van der Waals surface area contributed by atoms with Crippen LogP contribution in [0.3, 0.4) is 0 Å². The summed E-state index contributed by atoms with van der Waals surface area (Å²) in [6.45, 7) is 1.68. The highest BCUT2D eigenvalue weighted by Crippen LogP contribution is 2.44. The van der Waals surface area contributed by atoms with Crippen LogP contribution in [0.15, 0.2) is 4.42 Å². The Morgan fingerprint density at radius 1 is 1.65 bits per heavy atom. The lowest BCUT2D eigenvalue weighted by Gasteiger charge is -2.24. The van der Waals surface area contributed by atoms with Gasteiger partial charge in [-0.1, -0.05) is 11.6 Å². The van der Waals surface area contributed by atoms with E-state index in [1.165, 1.54) is 7.11 Å². The number of methoxy groups -OCH3 is 1. The predicted octanol–water partition coefficient (Wildman–Crippen LogP) is 2.67. The van der Waals surface area contributed by atoms with E-state index in [2.05, 4.69) is 6.07 Å². The molecule has 0 radical (unpaired) electrons. The minimum absolute atomic E-state index is 0.304. The Bertz CT molecular complexity index is 515. The summed E-state index contributed by atoms with van der Waals surface area (Å²) in [6, 6.07) is 2.07. The molecule has 4 nitrogen and oxygen atoms in total. The SMILES string of the molecule is COC(=O)c1c(C)oc2c1C(Cl)(C#N)CCC2. The fraction of sp³-hybridized carbons (Fsp3) is 0.500. The number of carbonyl (C=O) groups excluding carboxylic acids is 1. The first-order valence-electron chi connectivity index (χ1n) is 5.34. The number of aryl methyl sites for hydroxylation is 2. The number of alkyl halides is 1. The van der Waals surface area contributed by atoms with Crippen molar-refractivity contribution in [2.45, 2.75) is 31.1 Å². The monoisotopic (exact) mass is 253 g/mol. The molecule has 0 N–H and O–H groups in total. The normalized spacial score (nSPS) is 22.7. The van der Waals surface area contributed by atoms with Gasteiger partial charge in [-0.05, 0) is 19.8 Å². The molecule has 2 rings (SSSR count). The quantitative estimate of drug-likeness (QED) is 0.570. The maximum atomic E-state index is 11.7. The van der Waals surface area contributed by atoms with Gasteiger partial charge in [-0.3, -0.25) is 0 Å². The number of furan rings is 1. The number of nitriles is 1. The van der Waals surface area contributed by atoms with Crippen LogP contribution in [0.5, 0.6) is 0 Å². The zero-order valence-electron chi connectivity index (χ0n) is 9.67. The summed E-state index contributed by atoms with van der Waals surface area (Å²) in [4.78, 5) is 10.5. The third kappa shape index (κ3) is 1.71. The van der Waals surface area contributed by atoms with Crippen molar-refractivity contribution >= 4 is 17.6 Å². The lowest BCUT2D eigenvalue weighted by atomic mass is 9.84. The number of carbonyl (C=O) groups is 1. The zero-order valence-corrected chi connectivity index (χ0v) is 10.4. The largest absolute Gasteiger partial charge is 0.465 e. The molecule has 1 aliphatic rings. The summed E-state index contributed by atoms with van der Waals surface area (Å²) in [7, 11) is 1.30. The van der Waals surface area contributed by atoms with Crippen molar-refractivity contribution in [1.82, 2.24) is 0 Å². The highest BCUT2D eigenvalue weighted by Gasteiger charge is 2.42. The smallest absolute Gasteiger partial charge is 0.341 e. The van der Waals surface area contributed by atoms with Gasteiger partial charge in [-0.15, -0.1) is 0 Å². The Hall–Kier alpha value is -1.47. The van der Waals surface area contributed by atoms with Crippen LogP contribution in [0.25, 0.3) is 0 Å². The molecule has 0 saturated heterocycles. The molecule has 1 aliphatic carbocycles. The van der Waals surface area contributed by atoms with E-state index < -0.39 is 10.8 Å². The first-order chi connectivity index (χ1) is 8.03. The number of hydrogen-bond donors (Lipinski definition) is 0. The summed E-state index contributed by atoms with van der Waals surface area (Å²) >= 11 is 6.28. The highest BCUT2D eigenvalue weighted by atomic mass is 35.5. The predicted molar refractivity (Wildman–Crippen MR) is 60.9 cm³/mol. The third-order valence-corrected chi connectivity index (χ3v) is 3.51. The van der Waals surface area contributed by atoms with Crippen molar-refractivity contribution in [2.24, 2.45) is 0 Å². The lowest BCUT2D eigenvalue weighted by Crippen LogP contribution is -2.24. The molecule has 5 heteroatoms. The number of ether oxygens (including phenoxy) is 1. The van der Waals surface area contributed by atoms with Crippen molar-refractivity contribution in [3.05, 3.63) is 22.6 Å². The lowest BCUT2D eigenvalue weighted by molar-refractivity contribution is 0.0597. The Morgan fingerprint density at radius 3 is 2.94 bits per heavy atom. The van der Waals surface area contributed by atoms with Crippen LogP contribution in [0, 0.1) is 18.3 Å². The fourth-order valence-electron chi connectivity index (χ4n) is 2.27. The number of nitrogens with zero attached hydrogens (tertiary/aromatic N) is 1. The molecular formula is C12H12ClNO3. The molecule has 1 aromatic heterocycles. The van der Waals surface area contributed by atoms with E-state index in [1.807, 2.05) is 0 Å². The summed E-state index contributed by atoms with van der Waals surface area (Å²) in [5.41, 5.74) is 0.802. The zero-order chi connectivity index (χ0) is 12.6. The van der Waals surface area contributed by atoms with Crippen molar-refractivity contribution in [3.8, 4) is 6.07 Å². The van der Waals surface area contributed by atoms with Gasteiger partial charge in [0.25, 0.3) is 0 Å². The van der Waals surface area contributed by atoms with Crippen LogP contribution in [-0.2, 0) is 16.0 Å². The van der Waals surface area contributed by atoms with Crippen molar-refractivity contribution in [3.63, 3.8) is 0 Å². The molecule has 90 valence electrons. The van der Waals surface area contributed by atoms with E-state index in [0.29, 0.717) is 35.5 Å². The van der Waals surface area contributed by atoms with Crippen LogP contribution < -0.4 is 0 Å². The molecule has 17 heavy (non-hydrogen) atoms. The Kier molecular flexibility index (Phi) is 2.88. The summed E-state index contributed by atoms with van der Waals surface area (Å²) in [6.07, 6.45) is 1.99. The molecule has 1 atom stereocenters. The third-order valence-electron chi connectivity index (χ3n) is 3.05. The van der Waals surface area contributed by atoms with E-state index in [-0.39, 0.29) is 0 Å². The first-order valence-corrected chi connectivity index (χ1v) is 5.72. The van der Waals surface area contributed by atoms with Gasteiger partial charge in [0.15, 0.2) is 4.87 Å². The van der Waals surface area contributed by atoms with Gasteiger partial charge in [0.05, 0.1) is 13.2 Å². The second-order valence-electron chi connectivity index (χ2n) is 4.09. The van der Waals surface area contributed by atoms with Crippen molar-refractivity contribution in [1.29, 1.82) is 5.26 Å². The number of hydrogen-bond acceptors (Lipinski definition) is 4. The van der Waals surface area contributed by atoms with E-state index in [1.54, 1.807) is 6.92 Å². The van der Waals surface area contributed by atoms with E-state index >= 15 is 0 Å². The Morgan fingerprint density at radius 2 is 2.35 bits per heavy atom. The molecule has 0 spiro atoms. The second kappa shape index (κ2) is 4.08. The Balaban J connectivity index is 2.67. The van der Waals surface area contributed by atoms with Gasteiger partial charge in [0.2, 0.25) is 0 Å². The van der Waals surface area contributed by atoms with E-state index in [4.69, 9.17) is 20.8 Å². The molecule has 0 amide bonds. The molecule has 1 heterocycles. The average Bonchev–Trinajstić information content (AvgIpc) is 2.66. The fourth-order valence-corrected chi connectivity index (χ4v) is 2.61. The molecule has 0 fully saturated rings. The van der Waals surface area contributed by atoms with Gasteiger partial charge in [-0.25, -0.2) is 4.79 Å². The topological polar surface area (TPSA) is 63.2 Å². The van der Waals surface area contributed by atoms with Gasteiger partial charge in [-0.2, -0.15) is 5.26 Å². The number of esters is 1. The van der Waals surface area contributed by atoms with Gasteiger partial charge >= 0.3 is 5.97 Å². The number of fused-ring (bicyclic) bond motifs is 1. The highest BCUT2D eigenvalue weighted by molar-refractivity contribution is 6.26. The number of halogens is 1. The van der Waals surface area contributed by atoms with Crippen LogP contribution in [-0.4, -0.2) is 13.1 Å². The minimum Gasteiger partial charge on any atom is -0.465 e. The molecule has 0 saturated carbocycles. The average molecular weight is 254 g/mol. The van der Waals surface area contributed by atoms with Gasteiger partial charge in [0.1, 0.15) is 17.1 Å².